The molecule has 0 aliphatic rings. The normalized spacial score (nSPS) is 11.3. The van der Waals surface area contributed by atoms with Crippen molar-refractivity contribution < 1.29 is 23.1 Å². The Morgan fingerprint density at radius 1 is 1.09 bits per heavy atom. The Morgan fingerprint density at radius 2 is 1.74 bits per heavy atom. The van der Waals surface area contributed by atoms with Crippen molar-refractivity contribution in [2.24, 2.45) is 0 Å². The first kappa shape index (κ1) is 16.7. The standard InChI is InChI=1S/C17H14F3NO2/c1-11(16(22)23)13-8-10-15(17(18,19)20)21-14(13)9-7-12-5-3-2-4-6-12/h2-6,8,10H,1,7,9H2,(H,22,23). The molecule has 120 valence electrons. The molecule has 0 radical (unpaired) electrons. The Balaban J connectivity index is 2.36. The number of carboxylic acid groups (broad SMARTS) is 1. The van der Waals surface area contributed by atoms with Crippen LogP contribution in [0.4, 0.5) is 13.2 Å². The highest BCUT2D eigenvalue weighted by atomic mass is 19.4. The Hall–Kier alpha value is -2.63. The molecule has 23 heavy (non-hydrogen) atoms. The highest BCUT2D eigenvalue weighted by molar-refractivity contribution is 6.14. The molecule has 1 N–H and O–H groups in total. The van der Waals surface area contributed by atoms with Crippen molar-refractivity contribution in [2.75, 3.05) is 0 Å². The Labute approximate surface area is 131 Å². The van der Waals surface area contributed by atoms with Crippen molar-refractivity contribution >= 4 is 11.5 Å². The number of aryl methyl sites for hydroxylation is 2. The van der Waals surface area contributed by atoms with Gasteiger partial charge < -0.3 is 5.11 Å². The van der Waals surface area contributed by atoms with E-state index < -0.39 is 17.8 Å². The fourth-order valence-corrected chi connectivity index (χ4v) is 2.15. The van der Waals surface area contributed by atoms with E-state index in [0.717, 1.165) is 17.7 Å². The van der Waals surface area contributed by atoms with E-state index in [-0.39, 0.29) is 23.3 Å². The van der Waals surface area contributed by atoms with Crippen LogP contribution in [0.5, 0.6) is 0 Å². The van der Waals surface area contributed by atoms with Gasteiger partial charge in [0.05, 0.1) is 5.57 Å². The number of carbonyl (C=O) groups is 1. The number of pyridine rings is 1. The average Bonchev–Trinajstić information content (AvgIpc) is 2.52. The zero-order chi connectivity index (χ0) is 17.0. The summed E-state index contributed by atoms with van der Waals surface area (Å²) in [6.45, 7) is 3.41. The molecule has 0 spiro atoms. The van der Waals surface area contributed by atoms with E-state index in [4.69, 9.17) is 5.11 Å². The van der Waals surface area contributed by atoms with Crippen molar-refractivity contribution in [3.8, 4) is 0 Å². The number of hydrogen-bond donors (Lipinski definition) is 1. The molecular formula is C17H14F3NO2. The Kier molecular flexibility index (Phi) is 4.83. The molecule has 6 heteroatoms. The molecule has 0 aliphatic heterocycles. The monoisotopic (exact) mass is 321 g/mol. The first-order valence-corrected chi connectivity index (χ1v) is 6.82. The van der Waals surface area contributed by atoms with Crippen molar-refractivity contribution in [1.82, 2.24) is 4.98 Å². The summed E-state index contributed by atoms with van der Waals surface area (Å²) in [5, 5.41) is 9.02. The van der Waals surface area contributed by atoms with Crippen LogP contribution in [0.25, 0.3) is 5.57 Å². The average molecular weight is 321 g/mol. The minimum atomic E-state index is -4.58. The topological polar surface area (TPSA) is 50.2 Å². The smallest absolute Gasteiger partial charge is 0.433 e. The maximum atomic E-state index is 12.8. The number of halogens is 3. The molecule has 0 atom stereocenters. The highest BCUT2D eigenvalue weighted by Crippen LogP contribution is 2.30. The van der Waals surface area contributed by atoms with Gasteiger partial charge in [-0.15, -0.1) is 0 Å². The van der Waals surface area contributed by atoms with E-state index in [1.54, 1.807) is 0 Å². The molecule has 0 unspecified atom stereocenters. The lowest BCUT2D eigenvalue weighted by molar-refractivity contribution is -0.141. The van der Waals surface area contributed by atoms with Gasteiger partial charge in [-0.2, -0.15) is 13.2 Å². The number of rotatable bonds is 5. The molecule has 3 nitrogen and oxygen atoms in total. The lowest BCUT2D eigenvalue weighted by Gasteiger charge is -2.13. The molecule has 0 fully saturated rings. The van der Waals surface area contributed by atoms with Gasteiger partial charge in [-0.25, -0.2) is 9.78 Å². The van der Waals surface area contributed by atoms with Crippen LogP contribution >= 0.6 is 0 Å². The zero-order valence-electron chi connectivity index (χ0n) is 12.1. The molecule has 1 aromatic heterocycles. The number of alkyl halides is 3. The van der Waals surface area contributed by atoms with Gasteiger partial charge in [0, 0.05) is 11.3 Å². The summed E-state index contributed by atoms with van der Waals surface area (Å²) in [5.74, 6) is -1.28. The van der Waals surface area contributed by atoms with Crippen LogP contribution in [0.15, 0.2) is 49.0 Å². The number of carboxylic acids is 1. The zero-order valence-corrected chi connectivity index (χ0v) is 12.1. The molecule has 1 aromatic carbocycles. The first-order chi connectivity index (χ1) is 10.8. The minimum Gasteiger partial charge on any atom is -0.478 e. The fraction of sp³-hybridized carbons (Fsp3) is 0.176. The van der Waals surface area contributed by atoms with Crippen molar-refractivity contribution in [3.63, 3.8) is 0 Å². The number of aromatic nitrogens is 1. The third-order valence-electron chi connectivity index (χ3n) is 3.34. The molecule has 0 amide bonds. The van der Waals surface area contributed by atoms with E-state index in [9.17, 15) is 18.0 Å². The van der Waals surface area contributed by atoms with Crippen LogP contribution in [0.1, 0.15) is 22.5 Å². The molecule has 0 bridgehead atoms. The van der Waals surface area contributed by atoms with Gasteiger partial charge in [-0.3, -0.25) is 0 Å². The van der Waals surface area contributed by atoms with Gasteiger partial charge in [0.1, 0.15) is 5.69 Å². The van der Waals surface area contributed by atoms with Crippen molar-refractivity contribution in [1.29, 1.82) is 0 Å². The highest BCUT2D eigenvalue weighted by Gasteiger charge is 2.33. The van der Waals surface area contributed by atoms with Crippen LogP contribution in [-0.4, -0.2) is 16.1 Å². The van der Waals surface area contributed by atoms with Crippen LogP contribution in [-0.2, 0) is 23.8 Å². The van der Waals surface area contributed by atoms with Gasteiger partial charge in [0.15, 0.2) is 0 Å². The van der Waals surface area contributed by atoms with Crippen LogP contribution in [0, 0.1) is 0 Å². The van der Waals surface area contributed by atoms with Crippen LogP contribution < -0.4 is 0 Å². The third kappa shape index (κ3) is 4.18. The lowest BCUT2D eigenvalue weighted by Crippen LogP contribution is -2.13. The van der Waals surface area contributed by atoms with Crippen LogP contribution in [0.2, 0.25) is 0 Å². The Morgan fingerprint density at radius 3 is 2.30 bits per heavy atom. The first-order valence-electron chi connectivity index (χ1n) is 6.82. The lowest BCUT2D eigenvalue weighted by atomic mass is 10.00. The molecular weight excluding hydrogens is 307 g/mol. The second-order valence-corrected chi connectivity index (χ2v) is 4.96. The second-order valence-electron chi connectivity index (χ2n) is 4.96. The van der Waals surface area contributed by atoms with Crippen molar-refractivity contribution in [3.05, 3.63) is 71.6 Å². The van der Waals surface area contributed by atoms with Crippen LogP contribution in [0.3, 0.4) is 0 Å². The predicted molar refractivity (Wildman–Crippen MR) is 79.8 cm³/mol. The van der Waals surface area contributed by atoms with E-state index >= 15 is 0 Å². The molecule has 1 heterocycles. The van der Waals surface area contributed by atoms with Gasteiger partial charge >= 0.3 is 12.1 Å². The van der Waals surface area contributed by atoms with Gasteiger partial charge in [0.25, 0.3) is 0 Å². The summed E-state index contributed by atoms with van der Waals surface area (Å²) in [7, 11) is 0. The number of aliphatic carboxylic acids is 1. The SMILES string of the molecule is C=C(C(=O)O)c1ccc(C(F)(F)F)nc1CCc1ccccc1. The van der Waals surface area contributed by atoms with Gasteiger partial charge in [0.2, 0.25) is 0 Å². The predicted octanol–water partition coefficient (Wildman–Crippen LogP) is 3.98. The molecule has 0 saturated heterocycles. The molecule has 0 aliphatic carbocycles. The summed E-state index contributed by atoms with van der Waals surface area (Å²) in [5.41, 5.74) is -0.173. The Bertz CT molecular complexity index is 724. The summed E-state index contributed by atoms with van der Waals surface area (Å²) in [6, 6.07) is 11.1. The van der Waals surface area contributed by atoms with Gasteiger partial charge in [-0.1, -0.05) is 43.0 Å². The quantitative estimate of drug-likeness (QED) is 0.847. The minimum absolute atomic E-state index is 0.0797. The maximum Gasteiger partial charge on any atom is 0.433 e. The van der Waals surface area contributed by atoms with Gasteiger partial charge in [-0.05, 0) is 24.5 Å². The number of hydrogen-bond acceptors (Lipinski definition) is 2. The van der Waals surface area contributed by atoms with E-state index in [1.165, 1.54) is 0 Å². The molecule has 2 aromatic rings. The largest absolute Gasteiger partial charge is 0.478 e. The van der Waals surface area contributed by atoms with E-state index in [1.807, 2.05) is 30.3 Å². The van der Waals surface area contributed by atoms with E-state index in [2.05, 4.69) is 11.6 Å². The molecule has 0 saturated carbocycles. The summed E-state index contributed by atoms with van der Waals surface area (Å²) in [4.78, 5) is 14.7. The van der Waals surface area contributed by atoms with E-state index in [0.29, 0.717) is 6.42 Å². The maximum absolute atomic E-state index is 12.8. The second kappa shape index (κ2) is 6.64. The summed E-state index contributed by atoms with van der Waals surface area (Å²) in [6.07, 6.45) is -3.94. The molecule has 2 rings (SSSR count). The summed E-state index contributed by atoms with van der Waals surface area (Å²) >= 11 is 0. The summed E-state index contributed by atoms with van der Waals surface area (Å²) < 4.78 is 38.5. The van der Waals surface area contributed by atoms with Crippen molar-refractivity contribution in [2.45, 2.75) is 19.0 Å². The number of nitrogens with zero attached hydrogens (tertiary/aromatic N) is 1. The fourth-order valence-electron chi connectivity index (χ4n) is 2.15. The third-order valence-corrected chi connectivity index (χ3v) is 3.34. The number of benzene rings is 1.